The average molecular weight is 301 g/mol. The van der Waals surface area contributed by atoms with Crippen LogP contribution in [0.15, 0.2) is 0 Å². The highest BCUT2D eigenvalue weighted by Crippen LogP contribution is 2.49. The van der Waals surface area contributed by atoms with E-state index in [2.05, 4.69) is 34.4 Å². The van der Waals surface area contributed by atoms with Gasteiger partial charge in [0, 0.05) is 28.8 Å². The summed E-state index contributed by atoms with van der Waals surface area (Å²) in [6.07, 6.45) is 1.24. The van der Waals surface area contributed by atoms with Gasteiger partial charge in [-0.15, -0.1) is 0 Å². The normalized spacial score (nSPS) is 43.8. The monoisotopic (exact) mass is 301 g/mol. The molecule has 0 aromatic rings. The Labute approximate surface area is 91.0 Å². The van der Waals surface area contributed by atoms with Gasteiger partial charge in [0.25, 0.3) is 5.92 Å². The maximum atomic E-state index is 12.6. The van der Waals surface area contributed by atoms with Crippen molar-refractivity contribution < 1.29 is 8.78 Å². The Morgan fingerprint density at radius 3 is 2.54 bits per heavy atom. The minimum absolute atomic E-state index is 0.113. The second-order valence-electron chi connectivity index (χ2n) is 4.56. The van der Waals surface area contributed by atoms with Gasteiger partial charge in [0.15, 0.2) is 0 Å². The lowest BCUT2D eigenvalue weighted by molar-refractivity contribution is 0.0898. The smallest absolute Gasteiger partial charge is 0.252 e. The third-order valence-electron chi connectivity index (χ3n) is 2.94. The Bertz CT molecular complexity index is 218. The van der Waals surface area contributed by atoms with Crippen molar-refractivity contribution in [1.29, 1.82) is 0 Å². The lowest BCUT2D eigenvalue weighted by atomic mass is 10.2. The molecule has 1 heterocycles. The van der Waals surface area contributed by atoms with E-state index < -0.39 is 5.92 Å². The molecule has 0 aromatic heterocycles. The van der Waals surface area contributed by atoms with Crippen LogP contribution in [0.5, 0.6) is 0 Å². The second kappa shape index (κ2) is 3.02. The molecule has 2 aliphatic rings. The van der Waals surface area contributed by atoms with E-state index in [1.165, 1.54) is 0 Å². The van der Waals surface area contributed by atoms with Gasteiger partial charge in [-0.25, -0.2) is 8.78 Å². The quantitative estimate of drug-likeness (QED) is 0.560. The van der Waals surface area contributed by atoms with Gasteiger partial charge in [0.05, 0.1) is 0 Å². The largest absolute Gasteiger partial charge is 0.301 e. The van der Waals surface area contributed by atoms with Crippen LogP contribution in [0.1, 0.15) is 19.8 Å². The van der Waals surface area contributed by atoms with Crippen LogP contribution in [0, 0.1) is 5.92 Å². The molecule has 0 N–H and O–H groups in total. The molecule has 1 aliphatic carbocycles. The zero-order chi connectivity index (χ0) is 9.69. The van der Waals surface area contributed by atoms with Gasteiger partial charge in [0.1, 0.15) is 0 Å². The molecule has 1 saturated carbocycles. The summed E-state index contributed by atoms with van der Waals surface area (Å²) < 4.78 is 25.5. The zero-order valence-corrected chi connectivity index (χ0v) is 9.85. The van der Waals surface area contributed by atoms with Crippen LogP contribution >= 0.6 is 22.6 Å². The number of hydrogen-bond donors (Lipinski definition) is 0. The topological polar surface area (TPSA) is 3.24 Å². The maximum absolute atomic E-state index is 12.6. The molecule has 2 fully saturated rings. The highest BCUT2D eigenvalue weighted by molar-refractivity contribution is 14.1. The molecule has 2 unspecified atom stereocenters. The molecular weight excluding hydrogens is 287 g/mol. The fraction of sp³-hybridized carbons (Fsp3) is 1.00. The van der Waals surface area contributed by atoms with Gasteiger partial charge < -0.3 is 4.90 Å². The molecule has 1 saturated heterocycles. The number of alkyl halides is 3. The first-order chi connectivity index (χ1) is 5.89. The Kier molecular flexibility index (Phi) is 2.34. The molecule has 4 heteroatoms. The molecule has 0 radical (unpaired) electrons. The molecule has 0 spiro atoms. The summed E-state index contributed by atoms with van der Waals surface area (Å²) in [5, 5.41) is 0. The average Bonchev–Trinajstić information content (AvgIpc) is 2.34. The van der Waals surface area contributed by atoms with E-state index in [9.17, 15) is 8.78 Å². The molecule has 2 rings (SSSR count). The molecule has 0 aromatic carbocycles. The van der Waals surface area contributed by atoms with Crippen molar-refractivity contribution in [2.45, 2.75) is 29.1 Å². The van der Waals surface area contributed by atoms with Gasteiger partial charge in [-0.05, 0) is 19.9 Å². The van der Waals surface area contributed by atoms with Gasteiger partial charge in [0.2, 0.25) is 0 Å². The van der Waals surface area contributed by atoms with E-state index >= 15 is 0 Å². The van der Waals surface area contributed by atoms with Crippen LogP contribution < -0.4 is 0 Å². The van der Waals surface area contributed by atoms with Crippen LogP contribution in [-0.4, -0.2) is 33.9 Å². The Balaban J connectivity index is 1.79. The first-order valence-electron chi connectivity index (χ1n) is 4.68. The zero-order valence-electron chi connectivity index (χ0n) is 7.69. The fourth-order valence-electron chi connectivity index (χ4n) is 1.95. The first-order valence-corrected chi connectivity index (χ1v) is 5.76. The fourth-order valence-corrected chi connectivity index (χ4v) is 2.67. The summed E-state index contributed by atoms with van der Waals surface area (Å²) in [5.41, 5.74) is 0. The Morgan fingerprint density at radius 2 is 2.15 bits per heavy atom. The Morgan fingerprint density at radius 1 is 1.54 bits per heavy atom. The van der Waals surface area contributed by atoms with Crippen molar-refractivity contribution in [3.63, 3.8) is 0 Å². The predicted octanol–water partition coefficient (Wildman–Crippen LogP) is 2.54. The van der Waals surface area contributed by atoms with E-state index in [1.807, 2.05) is 0 Å². The lowest BCUT2D eigenvalue weighted by Crippen LogP contribution is -2.28. The summed E-state index contributed by atoms with van der Waals surface area (Å²) in [5.74, 6) is -2.69. The summed E-state index contributed by atoms with van der Waals surface area (Å²) in [4.78, 5) is 2.18. The van der Waals surface area contributed by atoms with Crippen LogP contribution in [0.2, 0.25) is 0 Å². The van der Waals surface area contributed by atoms with E-state index in [1.54, 1.807) is 0 Å². The molecule has 13 heavy (non-hydrogen) atoms. The summed E-state index contributed by atoms with van der Waals surface area (Å²) in [6.45, 7) is 4.76. The maximum Gasteiger partial charge on any atom is 0.252 e. The minimum Gasteiger partial charge on any atom is -0.301 e. The molecule has 1 nitrogen and oxygen atoms in total. The molecule has 76 valence electrons. The van der Waals surface area contributed by atoms with Gasteiger partial charge in [-0.3, -0.25) is 0 Å². The van der Waals surface area contributed by atoms with Crippen molar-refractivity contribution in [1.82, 2.24) is 4.90 Å². The number of likely N-dealkylation sites (tertiary alicyclic amines) is 1. The van der Waals surface area contributed by atoms with Crippen molar-refractivity contribution in [3.8, 4) is 0 Å². The SMILES string of the molecule is CC1(I)CCN(CC2CC2(F)F)C1. The number of rotatable bonds is 2. The minimum atomic E-state index is -2.34. The third-order valence-corrected chi connectivity index (χ3v) is 3.82. The third kappa shape index (κ3) is 2.32. The molecule has 0 amide bonds. The molecular formula is C9H14F2IN. The van der Waals surface area contributed by atoms with Gasteiger partial charge in [-0.2, -0.15) is 0 Å². The highest BCUT2D eigenvalue weighted by Gasteiger charge is 2.57. The number of halogens is 3. The van der Waals surface area contributed by atoms with Crippen LogP contribution in [0.25, 0.3) is 0 Å². The lowest BCUT2D eigenvalue weighted by Gasteiger charge is -2.17. The van der Waals surface area contributed by atoms with E-state index in [4.69, 9.17) is 0 Å². The Hall–Kier alpha value is 0.550. The molecule has 0 bridgehead atoms. The van der Waals surface area contributed by atoms with Gasteiger partial charge in [-0.1, -0.05) is 22.6 Å². The summed E-state index contributed by atoms with van der Waals surface area (Å²) >= 11 is 2.43. The van der Waals surface area contributed by atoms with Crippen molar-refractivity contribution in [3.05, 3.63) is 0 Å². The molecule has 2 atom stereocenters. The number of hydrogen-bond acceptors (Lipinski definition) is 1. The van der Waals surface area contributed by atoms with E-state index in [0.717, 1.165) is 19.5 Å². The standard InChI is InChI=1S/C9H14F2IN/c1-8(12)2-3-13(6-8)5-7-4-9(7,10)11/h7H,2-6H2,1H3. The van der Waals surface area contributed by atoms with E-state index in [0.29, 0.717) is 9.97 Å². The highest BCUT2D eigenvalue weighted by atomic mass is 127. The summed E-state index contributed by atoms with van der Waals surface area (Å²) in [7, 11) is 0. The van der Waals surface area contributed by atoms with Gasteiger partial charge >= 0.3 is 0 Å². The van der Waals surface area contributed by atoms with Crippen LogP contribution in [0.3, 0.4) is 0 Å². The van der Waals surface area contributed by atoms with Crippen LogP contribution in [0.4, 0.5) is 8.78 Å². The van der Waals surface area contributed by atoms with Crippen molar-refractivity contribution >= 4 is 22.6 Å². The second-order valence-corrected chi connectivity index (χ2v) is 7.16. The van der Waals surface area contributed by atoms with Crippen molar-refractivity contribution in [2.24, 2.45) is 5.92 Å². The predicted molar refractivity (Wildman–Crippen MR) is 56.5 cm³/mol. The van der Waals surface area contributed by atoms with E-state index in [-0.39, 0.29) is 12.3 Å². The number of nitrogens with zero attached hydrogens (tertiary/aromatic N) is 1. The van der Waals surface area contributed by atoms with Crippen LogP contribution in [-0.2, 0) is 0 Å². The summed E-state index contributed by atoms with van der Waals surface area (Å²) in [6, 6.07) is 0. The molecule has 1 aliphatic heterocycles. The van der Waals surface area contributed by atoms with Crippen molar-refractivity contribution in [2.75, 3.05) is 19.6 Å². The first kappa shape index (κ1) is 10.1.